The summed E-state index contributed by atoms with van der Waals surface area (Å²) >= 11 is 0. The van der Waals surface area contributed by atoms with Crippen molar-refractivity contribution in [1.29, 1.82) is 0 Å². The van der Waals surface area contributed by atoms with E-state index < -0.39 is 0 Å². The molecule has 1 heterocycles. The van der Waals surface area contributed by atoms with Crippen LogP contribution >= 0.6 is 0 Å². The molecule has 0 radical (unpaired) electrons. The van der Waals surface area contributed by atoms with E-state index in [0.717, 1.165) is 18.2 Å². The molecule has 1 aromatic carbocycles. The number of hydrogen-bond acceptors (Lipinski definition) is 2. The fourth-order valence-corrected chi connectivity index (χ4v) is 3.25. The second-order valence-electron chi connectivity index (χ2n) is 6.20. The zero-order chi connectivity index (χ0) is 14.5. The van der Waals surface area contributed by atoms with Crippen molar-refractivity contribution in [2.75, 3.05) is 0 Å². The van der Waals surface area contributed by atoms with Crippen molar-refractivity contribution in [3.05, 3.63) is 48.3 Å². The monoisotopic (exact) mass is 283 g/mol. The Balaban J connectivity index is 1.55. The Hall–Kier alpha value is -1.61. The van der Waals surface area contributed by atoms with Crippen LogP contribution in [0.25, 0.3) is 5.69 Å². The Morgan fingerprint density at radius 1 is 1.19 bits per heavy atom. The van der Waals surface area contributed by atoms with Gasteiger partial charge in [-0.15, -0.1) is 0 Å². The molecule has 1 atom stereocenters. The quantitative estimate of drug-likeness (QED) is 0.901. The van der Waals surface area contributed by atoms with E-state index in [1.807, 2.05) is 29.1 Å². The molecule has 112 valence electrons. The largest absolute Gasteiger partial charge is 0.310 e. The van der Waals surface area contributed by atoms with Gasteiger partial charge in [-0.3, -0.25) is 0 Å². The van der Waals surface area contributed by atoms with Crippen LogP contribution in [-0.4, -0.2) is 15.8 Å². The summed E-state index contributed by atoms with van der Waals surface area (Å²) in [6, 6.07) is 10.9. The highest BCUT2D eigenvalue weighted by atomic mass is 15.3. The molecule has 1 aromatic heterocycles. The SMILES string of the molecule is C[C@H](NCc1cnn(-c2ccccc2)c1)C1CCCCC1. The third-order valence-corrected chi connectivity index (χ3v) is 4.64. The van der Waals surface area contributed by atoms with Gasteiger partial charge in [0, 0.05) is 24.3 Å². The predicted octanol–water partition coefficient (Wildman–Crippen LogP) is 3.93. The summed E-state index contributed by atoms with van der Waals surface area (Å²) in [5.74, 6) is 0.850. The number of nitrogens with one attached hydrogen (secondary N) is 1. The molecule has 0 unspecified atom stereocenters. The zero-order valence-electron chi connectivity index (χ0n) is 12.8. The van der Waals surface area contributed by atoms with Gasteiger partial charge in [0.1, 0.15) is 0 Å². The van der Waals surface area contributed by atoms with Crippen molar-refractivity contribution in [1.82, 2.24) is 15.1 Å². The van der Waals surface area contributed by atoms with Crippen molar-refractivity contribution in [2.24, 2.45) is 5.92 Å². The molecule has 1 aliphatic rings. The highest BCUT2D eigenvalue weighted by Gasteiger charge is 2.19. The lowest BCUT2D eigenvalue weighted by Gasteiger charge is -2.28. The Morgan fingerprint density at radius 2 is 1.95 bits per heavy atom. The lowest BCUT2D eigenvalue weighted by Crippen LogP contribution is -2.34. The van der Waals surface area contributed by atoms with Crippen LogP contribution in [0, 0.1) is 5.92 Å². The average molecular weight is 283 g/mol. The molecule has 1 aliphatic carbocycles. The molecule has 0 aliphatic heterocycles. The van der Waals surface area contributed by atoms with Crippen LogP contribution in [0.2, 0.25) is 0 Å². The second-order valence-corrected chi connectivity index (χ2v) is 6.20. The molecular formula is C18H25N3. The van der Waals surface area contributed by atoms with E-state index in [4.69, 9.17) is 0 Å². The summed E-state index contributed by atoms with van der Waals surface area (Å²) in [6.07, 6.45) is 11.1. The van der Waals surface area contributed by atoms with Crippen LogP contribution in [0.15, 0.2) is 42.7 Å². The number of hydrogen-bond donors (Lipinski definition) is 1. The van der Waals surface area contributed by atoms with Crippen LogP contribution in [0.5, 0.6) is 0 Å². The third kappa shape index (κ3) is 3.73. The van der Waals surface area contributed by atoms with E-state index in [2.05, 4.69) is 35.7 Å². The van der Waals surface area contributed by atoms with Gasteiger partial charge in [-0.1, -0.05) is 37.5 Å². The maximum Gasteiger partial charge on any atom is 0.0645 e. The van der Waals surface area contributed by atoms with E-state index in [1.54, 1.807) is 0 Å². The molecule has 2 aromatic rings. The highest BCUT2D eigenvalue weighted by Crippen LogP contribution is 2.26. The van der Waals surface area contributed by atoms with Crippen molar-refractivity contribution in [3.63, 3.8) is 0 Å². The van der Waals surface area contributed by atoms with Gasteiger partial charge in [0.2, 0.25) is 0 Å². The smallest absolute Gasteiger partial charge is 0.0645 e. The van der Waals surface area contributed by atoms with Crippen LogP contribution < -0.4 is 5.32 Å². The topological polar surface area (TPSA) is 29.9 Å². The minimum Gasteiger partial charge on any atom is -0.310 e. The van der Waals surface area contributed by atoms with Gasteiger partial charge < -0.3 is 5.32 Å². The van der Waals surface area contributed by atoms with E-state index in [-0.39, 0.29) is 0 Å². The molecule has 3 nitrogen and oxygen atoms in total. The van der Waals surface area contributed by atoms with E-state index >= 15 is 0 Å². The van der Waals surface area contributed by atoms with Crippen LogP contribution in [0.1, 0.15) is 44.6 Å². The van der Waals surface area contributed by atoms with Crippen LogP contribution in [0.3, 0.4) is 0 Å². The van der Waals surface area contributed by atoms with Gasteiger partial charge in [-0.25, -0.2) is 4.68 Å². The van der Waals surface area contributed by atoms with Crippen molar-refractivity contribution in [3.8, 4) is 5.69 Å². The highest BCUT2D eigenvalue weighted by molar-refractivity contribution is 5.30. The Bertz CT molecular complexity index is 541. The molecule has 1 saturated carbocycles. The first kappa shape index (κ1) is 14.3. The van der Waals surface area contributed by atoms with Crippen molar-refractivity contribution >= 4 is 0 Å². The number of para-hydroxylation sites is 1. The van der Waals surface area contributed by atoms with E-state index in [0.29, 0.717) is 6.04 Å². The molecule has 0 bridgehead atoms. The van der Waals surface area contributed by atoms with Gasteiger partial charge in [-0.2, -0.15) is 5.10 Å². The molecule has 0 saturated heterocycles. The molecule has 0 amide bonds. The van der Waals surface area contributed by atoms with Gasteiger partial charge in [0.05, 0.1) is 11.9 Å². The number of nitrogens with zero attached hydrogens (tertiary/aromatic N) is 2. The first-order valence-electron chi connectivity index (χ1n) is 8.15. The molecule has 1 fully saturated rings. The number of aromatic nitrogens is 2. The first-order chi connectivity index (χ1) is 10.3. The summed E-state index contributed by atoms with van der Waals surface area (Å²) < 4.78 is 1.95. The average Bonchev–Trinajstić information content (AvgIpc) is 3.03. The fourth-order valence-electron chi connectivity index (χ4n) is 3.25. The molecule has 1 N–H and O–H groups in total. The minimum absolute atomic E-state index is 0.602. The first-order valence-corrected chi connectivity index (χ1v) is 8.15. The van der Waals surface area contributed by atoms with Gasteiger partial charge in [0.15, 0.2) is 0 Å². The molecule has 0 spiro atoms. The number of benzene rings is 1. The Labute approximate surface area is 127 Å². The standard InChI is InChI=1S/C18H25N3/c1-15(17-8-4-2-5-9-17)19-12-16-13-20-21(14-16)18-10-6-3-7-11-18/h3,6-7,10-11,13-15,17,19H,2,4-5,8-9,12H2,1H3/t15-/m0/s1. The fraction of sp³-hybridized carbons (Fsp3) is 0.500. The molecular weight excluding hydrogens is 258 g/mol. The summed E-state index contributed by atoms with van der Waals surface area (Å²) in [7, 11) is 0. The summed E-state index contributed by atoms with van der Waals surface area (Å²) in [6.45, 7) is 3.24. The maximum absolute atomic E-state index is 4.45. The van der Waals surface area contributed by atoms with Crippen molar-refractivity contribution < 1.29 is 0 Å². The summed E-state index contributed by atoms with van der Waals surface area (Å²) in [4.78, 5) is 0. The Kier molecular flexibility index (Phi) is 4.71. The predicted molar refractivity (Wildman–Crippen MR) is 86.4 cm³/mol. The lowest BCUT2D eigenvalue weighted by atomic mass is 9.84. The Morgan fingerprint density at radius 3 is 2.71 bits per heavy atom. The van der Waals surface area contributed by atoms with E-state index in [1.165, 1.54) is 37.7 Å². The summed E-state index contributed by atoms with van der Waals surface area (Å²) in [5.41, 5.74) is 2.37. The number of rotatable bonds is 5. The maximum atomic E-state index is 4.45. The zero-order valence-corrected chi connectivity index (χ0v) is 12.8. The van der Waals surface area contributed by atoms with Gasteiger partial charge >= 0.3 is 0 Å². The van der Waals surface area contributed by atoms with E-state index in [9.17, 15) is 0 Å². The van der Waals surface area contributed by atoms with Gasteiger partial charge in [0.25, 0.3) is 0 Å². The molecule has 21 heavy (non-hydrogen) atoms. The summed E-state index contributed by atoms with van der Waals surface area (Å²) in [5, 5.41) is 8.13. The minimum atomic E-state index is 0.602. The van der Waals surface area contributed by atoms with Crippen LogP contribution in [-0.2, 0) is 6.54 Å². The molecule has 3 rings (SSSR count). The van der Waals surface area contributed by atoms with Crippen LogP contribution in [0.4, 0.5) is 0 Å². The normalized spacial score (nSPS) is 17.8. The van der Waals surface area contributed by atoms with Crippen molar-refractivity contribution in [2.45, 2.75) is 51.6 Å². The lowest BCUT2D eigenvalue weighted by molar-refractivity contribution is 0.280. The van der Waals surface area contributed by atoms with Gasteiger partial charge in [-0.05, 0) is 37.8 Å². The molecule has 3 heteroatoms. The second kappa shape index (κ2) is 6.90. The third-order valence-electron chi connectivity index (χ3n) is 4.64.